The Bertz CT molecular complexity index is 1170. The van der Waals surface area contributed by atoms with E-state index >= 15 is 0 Å². The fourth-order valence-corrected chi connectivity index (χ4v) is 2.80. The molecule has 4 rings (SSSR count). The molecule has 0 radical (unpaired) electrons. The SMILES string of the molecule is C=c1[nH]n(-c2ccccc2)c(=O)/c1=C\c1cn[nH]c1-c1ccccc1. The highest BCUT2D eigenvalue weighted by atomic mass is 16.1. The van der Waals surface area contributed by atoms with Crippen LogP contribution in [0, 0.1) is 0 Å². The van der Waals surface area contributed by atoms with Crippen LogP contribution in [0.25, 0.3) is 29.6 Å². The third-order valence-corrected chi connectivity index (χ3v) is 4.05. The molecular formula is C20H16N4O. The highest BCUT2D eigenvalue weighted by Crippen LogP contribution is 2.20. The molecule has 5 heteroatoms. The largest absolute Gasteiger partial charge is 0.291 e. The summed E-state index contributed by atoms with van der Waals surface area (Å²) >= 11 is 0. The first-order valence-electron chi connectivity index (χ1n) is 7.90. The number of aromatic nitrogens is 4. The number of H-pyrrole nitrogens is 2. The Morgan fingerprint density at radius 3 is 2.40 bits per heavy atom. The van der Waals surface area contributed by atoms with Gasteiger partial charge in [-0.15, -0.1) is 0 Å². The second kappa shape index (κ2) is 6.13. The van der Waals surface area contributed by atoms with Crippen molar-refractivity contribution in [2.45, 2.75) is 0 Å². The summed E-state index contributed by atoms with van der Waals surface area (Å²) in [6.45, 7) is 3.97. The van der Waals surface area contributed by atoms with Crippen LogP contribution in [0.3, 0.4) is 0 Å². The molecule has 0 aliphatic carbocycles. The molecule has 5 nitrogen and oxygen atoms in total. The summed E-state index contributed by atoms with van der Waals surface area (Å²) < 4.78 is 1.50. The van der Waals surface area contributed by atoms with E-state index in [-0.39, 0.29) is 5.56 Å². The van der Waals surface area contributed by atoms with E-state index in [1.807, 2.05) is 66.7 Å². The van der Waals surface area contributed by atoms with Crippen molar-refractivity contribution >= 4 is 12.7 Å². The molecule has 0 saturated carbocycles. The monoisotopic (exact) mass is 328 g/mol. The van der Waals surface area contributed by atoms with E-state index in [4.69, 9.17) is 0 Å². The molecule has 0 saturated heterocycles. The van der Waals surface area contributed by atoms with Crippen molar-refractivity contribution in [3.8, 4) is 16.9 Å². The van der Waals surface area contributed by atoms with Gasteiger partial charge in [0.2, 0.25) is 0 Å². The molecule has 2 N–H and O–H groups in total. The summed E-state index contributed by atoms with van der Waals surface area (Å²) in [6, 6.07) is 19.3. The fraction of sp³-hybridized carbons (Fsp3) is 0. The van der Waals surface area contributed by atoms with Gasteiger partial charge in [-0.25, -0.2) is 4.68 Å². The van der Waals surface area contributed by atoms with Gasteiger partial charge in [0, 0.05) is 11.1 Å². The molecule has 25 heavy (non-hydrogen) atoms. The Labute approximate surface area is 143 Å². The first-order chi connectivity index (χ1) is 12.2. The van der Waals surface area contributed by atoms with Gasteiger partial charge < -0.3 is 0 Å². The number of rotatable bonds is 3. The molecule has 2 aromatic heterocycles. The average Bonchev–Trinajstić information content (AvgIpc) is 3.23. The third-order valence-electron chi connectivity index (χ3n) is 4.05. The zero-order chi connectivity index (χ0) is 17.2. The van der Waals surface area contributed by atoms with Crippen LogP contribution in [0.4, 0.5) is 0 Å². The average molecular weight is 328 g/mol. The molecule has 0 spiro atoms. The lowest BCUT2D eigenvalue weighted by Gasteiger charge is -1.99. The smallest absolute Gasteiger partial charge is 0.279 e. The molecule has 2 aromatic carbocycles. The summed E-state index contributed by atoms with van der Waals surface area (Å²) in [6.07, 6.45) is 3.52. The Kier molecular flexibility index (Phi) is 3.67. The summed E-state index contributed by atoms with van der Waals surface area (Å²) in [5.74, 6) is 0. The van der Waals surface area contributed by atoms with Crippen molar-refractivity contribution in [3.05, 3.63) is 93.3 Å². The quantitative estimate of drug-likeness (QED) is 0.602. The molecule has 0 aliphatic rings. The van der Waals surface area contributed by atoms with Crippen molar-refractivity contribution in [1.29, 1.82) is 0 Å². The lowest BCUT2D eigenvalue weighted by molar-refractivity contribution is 0.838. The summed E-state index contributed by atoms with van der Waals surface area (Å²) in [5, 5.41) is 11.2. The summed E-state index contributed by atoms with van der Waals surface area (Å²) in [4.78, 5) is 12.8. The number of benzene rings is 2. The van der Waals surface area contributed by atoms with Crippen molar-refractivity contribution in [2.75, 3.05) is 0 Å². The molecule has 0 atom stereocenters. The minimum atomic E-state index is -0.142. The summed E-state index contributed by atoms with van der Waals surface area (Å²) in [7, 11) is 0. The summed E-state index contributed by atoms with van der Waals surface area (Å²) in [5.41, 5.74) is 3.35. The van der Waals surface area contributed by atoms with E-state index < -0.39 is 0 Å². The minimum absolute atomic E-state index is 0.142. The van der Waals surface area contributed by atoms with Crippen molar-refractivity contribution < 1.29 is 0 Å². The molecule has 2 heterocycles. The van der Waals surface area contributed by atoms with Crippen LogP contribution < -0.4 is 16.1 Å². The second-order valence-electron chi connectivity index (χ2n) is 5.69. The second-order valence-corrected chi connectivity index (χ2v) is 5.69. The van der Waals surface area contributed by atoms with Gasteiger partial charge in [-0.3, -0.25) is 15.0 Å². The van der Waals surface area contributed by atoms with Crippen LogP contribution in [-0.4, -0.2) is 20.0 Å². The zero-order valence-electron chi connectivity index (χ0n) is 13.4. The van der Waals surface area contributed by atoms with Gasteiger partial charge in [-0.2, -0.15) is 5.10 Å². The minimum Gasteiger partial charge on any atom is -0.291 e. The van der Waals surface area contributed by atoms with Crippen LogP contribution in [0.5, 0.6) is 0 Å². The molecule has 0 bridgehead atoms. The van der Waals surface area contributed by atoms with Gasteiger partial charge in [-0.1, -0.05) is 55.1 Å². The zero-order valence-corrected chi connectivity index (χ0v) is 13.4. The van der Waals surface area contributed by atoms with Gasteiger partial charge in [0.1, 0.15) is 0 Å². The Balaban J connectivity index is 1.88. The maximum absolute atomic E-state index is 12.8. The molecule has 122 valence electrons. The van der Waals surface area contributed by atoms with Crippen LogP contribution >= 0.6 is 0 Å². The lowest BCUT2D eigenvalue weighted by Crippen LogP contribution is -2.33. The fourth-order valence-electron chi connectivity index (χ4n) is 2.80. The number of nitrogens with one attached hydrogen (secondary N) is 2. The number of hydrogen-bond acceptors (Lipinski definition) is 2. The molecule has 0 fully saturated rings. The van der Waals surface area contributed by atoms with Crippen LogP contribution in [-0.2, 0) is 0 Å². The highest BCUT2D eigenvalue weighted by Gasteiger charge is 2.08. The van der Waals surface area contributed by atoms with Gasteiger partial charge in [0.25, 0.3) is 5.56 Å². The van der Waals surface area contributed by atoms with E-state index in [9.17, 15) is 4.79 Å². The van der Waals surface area contributed by atoms with Crippen LogP contribution in [0.15, 0.2) is 71.7 Å². The number of nitrogens with zero attached hydrogens (tertiary/aromatic N) is 2. The standard InChI is InChI=1S/C20H16N4O/c1-14-18(20(25)24(23-14)17-10-6-3-7-11-17)12-16-13-21-22-19(16)15-8-4-2-5-9-15/h2-13,23H,1H2,(H,21,22)/b18-12-. The first-order valence-corrected chi connectivity index (χ1v) is 7.90. The van der Waals surface area contributed by atoms with E-state index in [2.05, 4.69) is 21.9 Å². The molecule has 0 amide bonds. The Hall–Kier alpha value is -3.60. The van der Waals surface area contributed by atoms with Gasteiger partial charge in [-0.05, 0) is 18.2 Å². The molecular weight excluding hydrogens is 312 g/mol. The Morgan fingerprint density at radius 1 is 1.00 bits per heavy atom. The van der Waals surface area contributed by atoms with E-state index in [0.717, 1.165) is 22.5 Å². The van der Waals surface area contributed by atoms with Crippen LogP contribution in [0.2, 0.25) is 0 Å². The number of aromatic amines is 2. The van der Waals surface area contributed by atoms with Crippen LogP contribution in [0.1, 0.15) is 5.56 Å². The molecule has 0 unspecified atom stereocenters. The van der Waals surface area contributed by atoms with Crippen molar-refractivity contribution in [2.24, 2.45) is 0 Å². The predicted molar refractivity (Wildman–Crippen MR) is 98.8 cm³/mol. The first kappa shape index (κ1) is 15.0. The lowest BCUT2D eigenvalue weighted by atomic mass is 10.1. The number of hydrogen-bond donors (Lipinski definition) is 2. The molecule has 4 aromatic rings. The van der Waals surface area contributed by atoms with Crippen molar-refractivity contribution in [3.63, 3.8) is 0 Å². The van der Waals surface area contributed by atoms with Gasteiger partial charge in [0.15, 0.2) is 0 Å². The van der Waals surface area contributed by atoms with E-state index in [0.29, 0.717) is 10.6 Å². The third kappa shape index (κ3) is 2.72. The van der Waals surface area contributed by atoms with E-state index in [1.165, 1.54) is 4.68 Å². The normalized spacial score (nSPS) is 11.8. The maximum atomic E-state index is 12.8. The van der Waals surface area contributed by atoms with E-state index in [1.54, 1.807) is 6.20 Å². The topological polar surface area (TPSA) is 66.5 Å². The predicted octanol–water partition coefficient (Wildman–Crippen LogP) is 1.79. The maximum Gasteiger partial charge on any atom is 0.279 e. The van der Waals surface area contributed by atoms with Gasteiger partial charge >= 0.3 is 0 Å². The molecule has 0 aliphatic heterocycles. The Morgan fingerprint density at radius 2 is 1.68 bits per heavy atom. The van der Waals surface area contributed by atoms with Gasteiger partial charge in [0.05, 0.1) is 28.1 Å². The highest BCUT2D eigenvalue weighted by molar-refractivity contribution is 5.71. The number of para-hydroxylation sites is 1. The van der Waals surface area contributed by atoms with Crippen molar-refractivity contribution in [1.82, 2.24) is 20.0 Å².